The molecule has 2 amide bonds. The van der Waals surface area contributed by atoms with Crippen LogP contribution in [-0.2, 0) is 32.6 Å². The zero-order valence-corrected chi connectivity index (χ0v) is 20.5. The molecule has 1 N–H and O–H groups in total. The molecule has 0 fully saturated rings. The number of anilines is 1. The average Bonchev–Trinajstić information content (AvgIpc) is 2.75. The normalized spacial score (nSPS) is 12.2. The molecule has 0 aliphatic rings. The van der Waals surface area contributed by atoms with Crippen molar-refractivity contribution in [2.45, 2.75) is 32.9 Å². The van der Waals surface area contributed by atoms with E-state index in [9.17, 15) is 18.0 Å². The van der Waals surface area contributed by atoms with Crippen LogP contribution in [0.4, 0.5) is 5.69 Å². The lowest BCUT2D eigenvalue weighted by molar-refractivity contribution is -0.139. The fourth-order valence-corrected chi connectivity index (χ4v) is 4.20. The maximum Gasteiger partial charge on any atom is 0.244 e. The molecule has 0 saturated heterocycles. The molecule has 0 spiro atoms. The van der Waals surface area contributed by atoms with Gasteiger partial charge >= 0.3 is 0 Å². The van der Waals surface area contributed by atoms with Crippen LogP contribution in [0.3, 0.4) is 0 Å². The zero-order chi connectivity index (χ0) is 23.2. The van der Waals surface area contributed by atoms with Gasteiger partial charge in [0, 0.05) is 18.1 Å². The van der Waals surface area contributed by atoms with Gasteiger partial charge in [0.1, 0.15) is 12.6 Å². The number of aryl methyl sites for hydroxylation is 1. The van der Waals surface area contributed by atoms with Crippen LogP contribution in [0.1, 0.15) is 25.0 Å². The Morgan fingerprint density at radius 2 is 1.58 bits per heavy atom. The zero-order valence-electron chi connectivity index (χ0n) is 18.1. The van der Waals surface area contributed by atoms with Crippen LogP contribution in [0, 0.1) is 0 Å². The Morgan fingerprint density at radius 3 is 2.06 bits per heavy atom. The van der Waals surface area contributed by atoms with Crippen LogP contribution in [0.25, 0.3) is 0 Å². The third kappa shape index (κ3) is 6.80. The number of nitrogens with zero attached hydrogens (tertiary/aromatic N) is 2. The summed E-state index contributed by atoms with van der Waals surface area (Å²) in [6.07, 6.45) is 1.89. The van der Waals surface area contributed by atoms with Gasteiger partial charge in [0.25, 0.3) is 0 Å². The molecular weight excluding hydrogens is 482 g/mol. The van der Waals surface area contributed by atoms with Gasteiger partial charge in [-0.05, 0) is 48.7 Å². The second kappa shape index (κ2) is 10.8. The quantitative estimate of drug-likeness (QED) is 0.562. The minimum absolute atomic E-state index is 0.174. The first-order valence-electron chi connectivity index (χ1n) is 9.89. The van der Waals surface area contributed by atoms with Crippen LogP contribution >= 0.6 is 15.9 Å². The van der Waals surface area contributed by atoms with Crippen molar-refractivity contribution >= 4 is 43.5 Å². The number of carbonyl (C=O) groups excluding carboxylic acids is 2. The SMILES string of the molecule is CCc1ccc(N(CC(=O)N(Cc2ccc(Br)cc2)[C@H](C)C(=O)NC)S(C)(=O)=O)cc1. The molecule has 0 aliphatic carbocycles. The van der Waals surface area contributed by atoms with Gasteiger partial charge in [-0.2, -0.15) is 0 Å². The van der Waals surface area contributed by atoms with Crippen molar-refractivity contribution in [1.82, 2.24) is 10.2 Å². The van der Waals surface area contributed by atoms with Crippen molar-refractivity contribution in [1.29, 1.82) is 0 Å². The molecule has 0 heterocycles. The molecule has 0 aliphatic heterocycles. The van der Waals surface area contributed by atoms with E-state index in [0.29, 0.717) is 5.69 Å². The van der Waals surface area contributed by atoms with E-state index in [2.05, 4.69) is 21.2 Å². The molecule has 2 aromatic rings. The molecule has 0 unspecified atom stereocenters. The summed E-state index contributed by atoms with van der Waals surface area (Å²) in [5.74, 6) is -0.798. The Balaban J connectivity index is 2.35. The van der Waals surface area contributed by atoms with E-state index >= 15 is 0 Å². The maximum absolute atomic E-state index is 13.3. The third-order valence-corrected chi connectivity index (χ3v) is 6.66. The van der Waals surface area contributed by atoms with Crippen LogP contribution < -0.4 is 9.62 Å². The molecule has 0 bridgehead atoms. The van der Waals surface area contributed by atoms with Crippen molar-refractivity contribution < 1.29 is 18.0 Å². The van der Waals surface area contributed by atoms with Gasteiger partial charge in [0.2, 0.25) is 21.8 Å². The molecular formula is C22H28BrN3O4S. The van der Waals surface area contributed by atoms with Crippen LogP contribution in [-0.4, -0.2) is 51.0 Å². The number of halogens is 1. The molecule has 0 aromatic heterocycles. The monoisotopic (exact) mass is 509 g/mol. The molecule has 0 radical (unpaired) electrons. The van der Waals surface area contributed by atoms with Crippen molar-refractivity contribution in [2.75, 3.05) is 24.2 Å². The molecule has 168 valence electrons. The number of hydrogen-bond donors (Lipinski definition) is 1. The number of hydrogen-bond acceptors (Lipinski definition) is 4. The number of amides is 2. The lowest BCUT2D eigenvalue weighted by atomic mass is 10.1. The summed E-state index contributed by atoms with van der Waals surface area (Å²) >= 11 is 3.38. The van der Waals surface area contributed by atoms with E-state index in [0.717, 1.165) is 32.6 Å². The maximum atomic E-state index is 13.3. The Bertz CT molecular complexity index is 1010. The van der Waals surface area contributed by atoms with Gasteiger partial charge in [-0.1, -0.05) is 47.1 Å². The van der Waals surface area contributed by atoms with E-state index in [-0.39, 0.29) is 12.5 Å². The number of carbonyl (C=O) groups is 2. The number of nitrogens with one attached hydrogen (secondary N) is 1. The highest BCUT2D eigenvalue weighted by molar-refractivity contribution is 9.10. The second-order valence-corrected chi connectivity index (χ2v) is 10.1. The first kappa shape index (κ1) is 24.9. The summed E-state index contributed by atoms with van der Waals surface area (Å²) < 4.78 is 26.9. The summed E-state index contributed by atoms with van der Waals surface area (Å²) in [5.41, 5.74) is 2.29. The van der Waals surface area contributed by atoms with Crippen molar-refractivity contribution in [3.05, 3.63) is 64.1 Å². The molecule has 31 heavy (non-hydrogen) atoms. The summed E-state index contributed by atoms with van der Waals surface area (Å²) in [7, 11) is -2.22. The number of sulfonamides is 1. The largest absolute Gasteiger partial charge is 0.357 e. The minimum atomic E-state index is -3.72. The van der Waals surface area contributed by atoms with E-state index in [1.807, 2.05) is 43.3 Å². The molecule has 2 rings (SSSR count). The first-order valence-corrected chi connectivity index (χ1v) is 12.5. The van der Waals surface area contributed by atoms with E-state index in [1.54, 1.807) is 19.1 Å². The van der Waals surface area contributed by atoms with Crippen LogP contribution in [0.2, 0.25) is 0 Å². The fourth-order valence-electron chi connectivity index (χ4n) is 3.09. The van der Waals surface area contributed by atoms with Crippen molar-refractivity contribution in [3.63, 3.8) is 0 Å². The fraction of sp³-hybridized carbons (Fsp3) is 0.364. The highest BCUT2D eigenvalue weighted by Crippen LogP contribution is 2.20. The third-order valence-electron chi connectivity index (χ3n) is 4.99. The van der Waals surface area contributed by atoms with Gasteiger partial charge in [-0.15, -0.1) is 0 Å². The topological polar surface area (TPSA) is 86.8 Å². The summed E-state index contributed by atoms with van der Waals surface area (Å²) in [5, 5.41) is 2.55. The summed E-state index contributed by atoms with van der Waals surface area (Å²) in [4.78, 5) is 26.9. The lowest BCUT2D eigenvalue weighted by Crippen LogP contribution is -2.50. The Hall–Kier alpha value is -2.39. The van der Waals surface area contributed by atoms with Crippen LogP contribution in [0.15, 0.2) is 53.0 Å². The smallest absolute Gasteiger partial charge is 0.244 e. The summed E-state index contributed by atoms with van der Waals surface area (Å²) in [6, 6.07) is 13.7. The minimum Gasteiger partial charge on any atom is -0.357 e. The van der Waals surface area contributed by atoms with E-state index < -0.39 is 28.5 Å². The van der Waals surface area contributed by atoms with Gasteiger partial charge in [0.05, 0.1) is 11.9 Å². The molecule has 2 aromatic carbocycles. The number of benzene rings is 2. The van der Waals surface area contributed by atoms with Crippen molar-refractivity contribution in [3.8, 4) is 0 Å². The molecule has 7 nitrogen and oxygen atoms in total. The average molecular weight is 510 g/mol. The van der Waals surface area contributed by atoms with E-state index in [4.69, 9.17) is 0 Å². The second-order valence-electron chi connectivity index (χ2n) is 7.23. The Morgan fingerprint density at radius 1 is 1.03 bits per heavy atom. The van der Waals surface area contributed by atoms with Gasteiger partial charge in [-0.3, -0.25) is 13.9 Å². The van der Waals surface area contributed by atoms with E-state index in [1.165, 1.54) is 11.9 Å². The summed E-state index contributed by atoms with van der Waals surface area (Å²) in [6.45, 7) is 3.40. The standard InChI is InChI=1S/C22H28BrN3O4S/c1-5-17-8-12-20(13-9-17)26(31(4,29)30)15-21(27)25(16(2)22(28)24-3)14-18-6-10-19(23)11-7-18/h6-13,16H,5,14-15H2,1-4H3,(H,24,28)/t16-/m1/s1. The first-order chi connectivity index (χ1) is 14.6. The van der Waals surface area contributed by atoms with Crippen molar-refractivity contribution in [2.24, 2.45) is 0 Å². The van der Waals surface area contributed by atoms with Gasteiger partial charge in [0.15, 0.2) is 0 Å². The Labute approximate surface area is 192 Å². The number of rotatable bonds is 9. The molecule has 1 atom stereocenters. The van der Waals surface area contributed by atoms with Crippen LogP contribution in [0.5, 0.6) is 0 Å². The lowest BCUT2D eigenvalue weighted by Gasteiger charge is -2.31. The predicted octanol–water partition coefficient (Wildman–Crippen LogP) is 2.94. The number of likely N-dealkylation sites (N-methyl/N-ethyl adjacent to an activating group) is 1. The highest BCUT2D eigenvalue weighted by atomic mass is 79.9. The van der Waals surface area contributed by atoms with Gasteiger partial charge < -0.3 is 10.2 Å². The molecule has 9 heteroatoms. The highest BCUT2D eigenvalue weighted by Gasteiger charge is 2.29. The van der Waals surface area contributed by atoms with Gasteiger partial charge in [-0.25, -0.2) is 8.42 Å². The molecule has 0 saturated carbocycles. The predicted molar refractivity (Wildman–Crippen MR) is 126 cm³/mol. The Kier molecular flexibility index (Phi) is 8.64.